The van der Waals surface area contributed by atoms with E-state index in [0.717, 1.165) is 5.39 Å². The highest BCUT2D eigenvalue weighted by atomic mass is 32.2. The lowest BCUT2D eigenvalue weighted by Gasteiger charge is -2.07. The Labute approximate surface area is 112 Å². The molecule has 3 N–H and O–H groups in total. The fourth-order valence-corrected chi connectivity index (χ4v) is 2.95. The van der Waals surface area contributed by atoms with E-state index in [9.17, 15) is 8.42 Å². The second kappa shape index (κ2) is 5.92. The first-order valence-electron chi connectivity index (χ1n) is 5.82. The van der Waals surface area contributed by atoms with Gasteiger partial charge in [-0.25, -0.2) is 13.1 Å². The van der Waals surface area contributed by atoms with Crippen molar-refractivity contribution in [2.24, 2.45) is 5.73 Å². The highest BCUT2D eigenvalue weighted by Gasteiger charge is 2.15. The molecule has 0 spiro atoms. The Morgan fingerprint density at radius 1 is 1.26 bits per heavy atom. The van der Waals surface area contributed by atoms with Gasteiger partial charge >= 0.3 is 0 Å². The first-order chi connectivity index (χ1) is 9.15. The molecule has 0 aliphatic heterocycles. The van der Waals surface area contributed by atoms with E-state index >= 15 is 0 Å². The molecular formula is C13H15N3O2S. The van der Waals surface area contributed by atoms with Gasteiger partial charge in [-0.05, 0) is 12.1 Å². The van der Waals surface area contributed by atoms with E-state index in [4.69, 9.17) is 5.73 Å². The minimum Gasteiger partial charge on any atom is -0.327 e. The number of benzene rings is 1. The molecule has 0 unspecified atom stereocenters. The van der Waals surface area contributed by atoms with Crippen molar-refractivity contribution in [2.45, 2.75) is 4.90 Å². The number of nitrogens with two attached hydrogens (primary N) is 1. The second-order valence-electron chi connectivity index (χ2n) is 3.91. The van der Waals surface area contributed by atoms with E-state index in [1.807, 2.05) is 6.07 Å². The maximum atomic E-state index is 12.2. The fourth-order valence-electron chi connectivity index (χ4n) is 1.74. The molecule has 2 aromatic rings. The van der Waals surface area contributed by atoms with Crippen LogP contribution in [0.2, 0.25) is 0 Å². The van der Waals surface area contributed by atoms with Crippen LogP contribution in [-0.4, -0.2) is 26.5 Å². The van der Waals surface area contributed by atoms with Crippen molar-refractivity contribution < 1.29 is 8.42 Å². The Morgan fingerprint density at radius 3 is 2.89 bits per heavy atom. The van der Waals surface area contributed by atoms with Gasteiger partial charge in [-0.15, -0.1) is 0 Å². The summed E-state index contributed by atoms with van der Waals surface area (Å²) in [5.41, 5.74) is 5.29. The number of hydrogen-bond donors (Lipinski definition) is 2. The van der Waals surface area contributed by atoms with Crippen molar-refractivity contribution in [3.63, 3.8) is 0 Å². The van der Waals surface area contributed by atoms with E-state index in [1.54, 1.807) is 42.7 Å². The van der Waals surface area contributed by atoms with Crippen LogP contribution in [-0.2, 0) is 10.0 Å². The molecule has 1 aromatic carbocycles. The zero-order chi connectivity index (χ0) is 13.7. The van der Waals surface area contributed by atoms with E-state index in [-0.39, 0.29) is 11.4 Å². The quantitative estimate of drug-likeness (QED) is 0.799. The van der Waals surface area contributed by atoms with Crippen molar-refractivity contribution in [3.8, 4) is 0 Å². The summed E-state index contributed by atoms with van der Waals surface area (Å²) in [7, 11) is -3.54. The smallest absolute Gasteiger partial charge is 0.241 e. The fraction of sp³-hybridized carbons (Fsp3) is 0.154. The van der Waals surface area contributed by atoms with E-state index in [0.29, 0.717) is 11.9 Å². The van der Waals surface area contributed by atoms with Crippen molar-refractivity contribution in [1.82, 2.24) is 9.71 Å². The molecule has 19 heavy (non-hydrogen) atoms. The van der Waals surface area contributed by atoms with Crippen LogP contribution in [0, 0.1) is 0 Å². The number of aromatic nitrogens is 1. The van der Waals surface area contributed by atoms with Gasteiger partial charge in [0.05, 0.1) is 4.90 Å². The van der Waals surface area contributed by atoms with Crippen LogP contribution in [0.25, 0.3) is 10.8 Å². The first kappa shape index (κ1) is 13.7. The number of fused-ring (bicyclic) bond motifs is 1. The van der Waals surface area contributed by atoms with Gasteiger partial charge < -0.3 is 5.73 Å². The van der Waals surface area contributed by atoms with Crippen LogP contribution in [0.15, 0.2) is 53.7 Å². The van der Waals surface area contributed by atoms with Crippen LogP contribution in [0.4, 0.5) is 0 Å². The predicted octanol–water partition coefficient (Wildman–Crippen LogP) is 1.03. The first-order valence-corrected chi connectivity index (χ1v) is 7.31. The van der Waals surface area contributed by atoms with Crippen LogP contribution in [0.3, 0.4) is 0 Å². The third kappa shape index (κ3) is 3.17. The van der Waals surface area contributed by atoms with Crippen LogP contribution >= 0.6 is 0 Å². The summed E-state index contributed by atoms with van der Waals surface area (Å²) in [6.45, 7) is 0.614. The van der Waals surface area contributed by atoms with Crippen LogP contribution in [0.5, 0.6) is 0 Å². The lowest BCUT2D eigenvalue weighted by Crippen LogP contribution is -2.24. The van der Waals surface area contributed by atoms with Crippen molar-refractivity contribution >= 4 is 20.8 Å². The highest BCUT2D eigenvalue weighted by molar-refractivity contribution is 7.89. The average Bonchev–Trinajstić information content (AvgIpc) is 2.43. The van der Waals surface area contributed by atoms with E-state index in [2.05, 4.69) is 9.71 Å². The van der Waals surface area contributed by atoms with Gasteiger partial charge in [0.2, 0.25) is 10.0 Å². The van der Waals surface area contributed by atoms with Gasteiger partial charge in [0, 0.05) is 36.3 Å². The molecule has 5 nitrogen and oxygen atoms in total. The second-order valence-corrected chi connectivity index (χ2v) is 5.65. The van der Waals surface area contributed by atoms with Gasteiger partial charge in [0.15, 0.2) is 0 Å². The Morgan fingerprint density at radius 2 is 2.11 bits per heavy atom. The summed E-state index contributed by atoms with van der Waals surface area (Å²) >= 11 is 0. The van der Waals surface area contributed by atoms with E-state index in [1.165, 1.54) is 0 Å². The molecular weight excluding hydrogens is 262 g/mol. The van der Waals surface area contributed by atoms with Gasteiger partial charge in [-0.1, -0.05) is 24.3 Å². The SMILES string of the molecule is NC/C=C/CNS(=O)(=O)c1cccc2cnccc12. The molecule has 0 bridgehead atoms. The third-order valence-electron chi connectivity index (χ3n) is 2.62. The zero-order valence-electron chi connectivity index (χ0n) is 10.3. The predicted molar refractivity (Wildman–Crippen MR) is 75.1 cm³/mol. The number of pyridine rings is 1. The van der Waals surface area contributed by atoms with Crippen molar-refractivity contribution in [1.29, 1.82) is 0 Å². The molecule has 1 aromatic heterocycles. The Kier molecular flexibility index (Phi) is 4.26. The molecule has 1 heterocycles. The molecule has 2 rings (SSSR count). The Bertz CT molecular complexity index is 691. The molecule has 100 valence electrons. The molecule has 0 amide bonds. The summed E-state index contributed by atoms with van der Waals surface area (Å²) < 4.78 is 26.9. The van der Waals surface area contributed by atoms with Gasteiger partial charge in [-0.2, -0.15) is 0 Å². The summed E-state index contributed by atoms with van der Waals surface area (Å²) in [5, 5.41) is 1.45. The minimum atomic E-state index is -3.54. The average molecular weight is 277 g/mol. The third-order valence-corrected chi connectivity index (χ3v) is 4.11. The molecule has 0 radical (unpaired) electrons. The van der Waals surface area contributed by atoms with Crippen molar-refractivity contribution in [3.05, 3.63) is 48.8 Å². The Hall–Kier alpha value is -1.76. The number of sulfonamides is 1. The van der Waals surface area contributed by atoms with Gasteiger partial charge in [0.25, 0.3) is 0 Å². The van der Waals surface area contributed by atoms with Gasteiger partial charge in [-0.3, -0.25) is 4.98 Å². The van der Waals surface area contributed by atoms with Crippen LogP contribution < -0.4 is 10.5 Å². The van der Waals surface area contributed by atoms with Gasteiger partial charge in [0.1, 0.15) is 0 Å². The summed E-state index contributed by atoms with van der Waals surface area (Å²) in [5.74, 6) is 0. The lowest BCUT2D eigenvalue weighted by molar-refractivity contribution is 0.586. The monoisotopic (exact) mass is 277 g/mol. The largest absolute Gasteiger partial charge is 0.327 e. The number of rotatable bonds is 5. The summed E-state index contributed by atoms with van der Waals surface area (Å²) in [6, 6.07) is 6.81. The highest BCUT2D eigenvalue weighted by Crippen LogP contribution is 2.21. The zero-order valence-corrected chi connectivity index (χ0v) is 11.1. The number of nitrogens with one attached hydrogen (secondary N) is 1. The molecule has 0 fully saturated rings. The molecule has 0 aliphatic carbocycles. The minimum absolute atomic E-state index is 0.223. The van der Waals surface area contributed by atoms with E-state index < -0.39 is 10.0 Å². The molecule has 0 atom stereocenters. The van der Waals surface area contributed by atoms with Crippen LogP contribution in [0.1, 0.15) is 0 Å². The standard InChI is InChI=1S/C13H15N3O2S/c14-7-1-2-8-16-19(17,18)13-5-3-4-11-10-15-9-6-12(11)13/h1-6,9-10,16H,7-8,14H2/b2-1+. The Balaban J connectivity index is 2.35. The maximum Gasteiger partial charge on any atom is 0.241 e. The molecule has 0 saturated heterocycles. The number of hydrogen-bond acceptors (Lipinski definition) is 4. The van der Waals surface area contributed by atoms with Crippen molar-refractivity contribution in [2.75, 3.05) is 13.1 Å². The maximum absolute atomic E-state index is 12.2. The lowest BCUT2D eigenvalue weighted by atomic mass is 10.2. The molecule has 6 heteroatoms. The molecule has 0 aliphatic rings. The number of nitrogens with zero attached hydrogens (tertiary/aromatic N) is 1. The topological polar surface area (TPSA) is 85.1 Å². The normalized spacial score (nSPS) is 12.3. The molecule has 0 saturated carbocycles. The summed E-state index contributed by atoms with van der Waals surface area (Å²) in [4.78, 5) is 4.24. The summed E-state index contributed by atoms with van der Waals surface area (Å²) in [6.07, 6.45) is 6.61.